The second-order valence-electron chi connectivity index (χ2n) is 11.1. The van der Waals surface area contributed by atoms with Crippen LogP contribution in [0.2, 0.25) is 0 Å². The normalized spacial score (nSPS) is 12.1. The van der Waals surface area contributed by atoms with Gasteiger partial charge in [0.1, 0.15) is 29.9 Å². The first kappa shape index (κ1) is 35.0. The molecular weight excluding hydrogens is 605 g/mol. The fourth-order valence-corrected chi connectivity index (χ4v) is 5.88. The average molecular weight is 646 g/mol. The summed E-state index contributed by atoms with van der Waals surface area (Å²) < 4.78 is 64.7. The maximum absolute atomic E-state index is 14.4. The van der Waals surface area contributed by atoms with Crippen molar-refractivity contribution in [3.8, 4) is 23.0 Å². The number of amides is 2. The Kier molecular flexibility index (Phi) is 11.3. The molecule has 0 aromatic heterocycles. The Hall–Kier alpha value is -4.52. The van der Waals surface area contributed by atoms with E-state index in [0.29, 0.717) is 17.1 Å². The quantitative estimate of drug-likeness (QED) is 0.291. The number of methoxy groups -OCH3 is 4. The van der Waals surface area contributed by atoms with Gasteiger partial charge in [-0.15, -0.1) is 0 Å². The van der Waals surface area contributed by atoms with Crippen molar-refractivity contribution in [2.45, 2.75) is 50.7 Å². The van der Waals surface area contributed by atoms with Crippen LogP contribution in [-0.4, -0.2) is 71.7 Å². The summed E-state index contributed by atoms with van der Waals surface area (Å²) in [6, 6.07) is 13.0. The minimum atomic E-state index is -4.49. The van der Waals surface area contributed by atoms with Crippen molar-refractivity contribution in [1.82, 2.24) is 10.2 Å². The van der Waals surface area contributed by atoms with Gasteiger partial charge in [0.25, 0.3) is 10.0 Å². The van der Waals surface area contributed by atoms with Gasteiger partial charge in [0.05, 0.1) is 39.0 Å². The molecule has 0 spiro atoms. The van der Waals surface area contributed by atoms with Gasteiger partial charge in [-0.05, 0) is 69.7 Å². The fourth-order valence-electron chi connectivity index (χ4n) is 4.45. The van der Waals surface area contributed by atoms with Gasteiger partial charge in [-0.3, -0.25) is 13.9 Å². The van der Waals surface area contributed by atoms with Gasteiger partial charge in [-0.25, -0.2) is 12.8 Å². The second-order valence-corrected chi connectivity index (χ2v) is 13.0. The Labute approximate surface area is 263 Å². The first-order valence-corrected chi connectivity index (χ1v) is 15.4. The molecule has 0 aliphatic carbocycles. The molecule has 0 aliphatic rings. The summed E-state index contributed by atoms with van der Waals surface area (Å²) in [5, 5.41) is 2.86. The molecule has 244 valence electrons. The summed E-state index contributed by atoms with van der Waals surface area (Å²) in [5.41, 5.74) is -0.0471. The van der Waals surface area contributed by atoms with E-state index in [2.05, 4.69) is 5.32 Å². The molecule has 0 saturated carbocycles. The number of sulfonamides is 1. The molecule has 0 bridgehead atoms. The molecule has 0 radical (unpaired) electrons. The molecule has 0 fully saturated rings. The zero-order chi connectivity index (χ0) is 33.5. The Morgan fingerprint density at radius 3 is 2.00 bits per heavy atom. The lowest BCUT2D eigenvalue weighted by Crippen LogP contribution is -2.54. The molecular formula is C32H40FN3O8S. The molecule has 3 aromatic carbocycles. The first-order chi connectivity index (χ1) is 21.1. The van der Waals surface area contributed by atoms with Crippen molar-refractivity contribution in [2.75, 3.05) is 39.3 Å². The molecule has 45 heavy (non-hydrogen) atoms. The van der Waals surface area contributed by atoms with Crippen LogP contribution >= 0.6 is 0 Å². The van der Waals surface area contributed by atoms with Crippen molar-refractivity contribution < 1.29 is 41.3 Å². The lowest BCUT2D eigenvalue weighted by Gasteiger charge is -2.33. The molecule has 0 saturated heterocycles. The summed E-state index contributed by atoms with van der Waals surface area (Å²) >= 11 is 0. The lowest BCUT2D eigenvalue weighted by molar-refractivity contribution is -0.140. The van der Waals surface area contributed by atoms with Crippen LogP contribution in [-0.2, 0) is 26.2 Å². The topological polar surface area (TPSA) is 124 Å². The second kappa shape index (κ2) is 14.5. The van der Waals surface area contributed by atoms with Crippen LogP contribution < -0.4 is 28.6 Å². The third-order valence-electron chi connectivity index (χ3n) is 6.81. The summed E-state index contributed by atoms with van der Waals surface area (Å²) in [5.74, 6) is -0.693. The Morgan fingerprint density at radius 1 is 0.844 bits per heavy atom. The number of ether oxygens (including phenoxy) is 4. The monoisotopic (exact) mass is 645 g/mol. The molecule has 1 atom stereocenters. The van der Waals surface area contributed by atoms with E-state index in [4.69, 9.17) is 18.9 Å². The lowest BCUT2D eigenvalue weighted by atomic mass is 10.1. The van der Waals surface area contributed by atoms with Crippen LogP contribution in [0, 0.1) is 5.82 Å². The van der Waals surface area contributed by atoms with Gasteiger partial charge in [-0.1, -0.05) is 12.1 Å². The molecule has 2 amide bonds. The smallest absolute Gasteiger partial charge is 0.265 e. The third kappa shape index (κ3) is 8.56. The number of halogens is 1. The molecule has 1 N–H and O–H groups in total. The highest BCUT2D eigenvalue weighted by Crippen LogP contribution is 2.37. The fraction of sp³-hybridized carbons (Fsp3) is 0.375. The summed E-state index contributed by atoms with van der Waals surface area (Å²) in [6.45, 7) is 6.12. The predicted molar refractivity (Wildman–Crippen MR) is 168 cm³/mol. The number of nitrogens with zero attached hydrogens (tertiary/aromatic N) is 2. The molecule has 11 nitrogen and oxygen atoms in total. The van der Waals surface area contributed by atoms with E-state index in [-0.39, 0.29) is 28.6 Å². The highest BCUT2D eigenvalue weighted by molar-refractivity contribution is 7.92. The Bertz CT molecular complexity index is 1610. The number of nitrogens with one attached hydrogen (secondary N) is 1. The van der Waals surface area contributed by atoms with Gasteiger partial charge in [0, 0.05) is 24.2 Å². The van der Waals surface area contributed by atoms with Crippen LogP contribution in [0.4, 0.5) is 10.1 Å². The highest BCUT2D eigenvalue weighted by atomic mass is 32.2. The third-order valence-corrected chi connectivity index (χ3v) is 8.56. The van der Waals surface area contributed by atoms with Gasteiger partial charge < -0.3 is 29.2 Å². The molecule has 0 heterocycles. The van der Waals surface area contributed by atoms with Crippen LogP contribution in [0.25, 0.3) is 0 Å². The first-order valence-electron chi connectivity index (χ1n) is 14.0. The van der Waals surface area contributed by atoms with E-state index in [1.165, 1.54) is 87.9 Å². The van der Waals surface area contributed by atoms with Crippen LogP contribution in [0.1, 0.15) is 33.3 Å². The number of hydrogen-bond donors (Lipinski definition) is 1. The Balaban J connectivity index is 2.17. The van der Waals surface area contributed by atoms with Crippen LogP contribution in [0.5, 0.6) is 23.0 Å². The van der Waals surface area contributed by atoms with Crippen molar-refractivity contribution in [3.05, 3.63) is 72.0 Å². The van der Waals surface area contributed by atoms with E-state index in [1.807, 2.05) is 0 Å². The SMILES string of the molecule is COc1ccc(OC)c(N(CC(=O)N(Cc2ccc(F)cc2)C(C)C(=O)NC(C)(C)C)S(=O)(=O)c2ccc(OC)c(OC)c2)c1. The zero-order valence-electron chi connectivity index (χ0n) is 26.7. The van der Waals surface area contributed by atoms with E-state index in [0.717, 1.165) is 4.31 Å². The number of benzene rings is 3. The number of carbonyl (C=O) groups excluding carboxylic acids is 2. The zero-order valence-corrected chi connectivity index (χ0v) is 27.5. The molecule has 1 unspecified atom stereocenters. The average Bonchev–Trinajstić information content (AvgIpc) is 3.01. The van der Waals surface area contributed by atoms with E-state index < -0.39 is 45.8 Å². The van der Waals surface area contributed by atoms with Crippen molar-refractivity contribution in [1.29, 1.82) is 0 Å². The summed E-state index contributed by atoms with van der Waals surface area (Å²) in [6.07, 6.45) is 0. The van der Waals surface area contributed by atoms with Crippen LogP contribution in [0.3, 0.4) is 0 Å². The maximum atomic E-state index is 14.4. The molecule has 3 aromatic rings. The maximum Gasteiger partial charge on any atom is 0.265 e. The standard InChI is InChI=1S/C32H40FN3O8S/c1-21(31(38)34-32(2,3)4)35(19-22-9-11-23(33)12-10-22)30(37)20-36(26-17-24(41-5)13-15-27(26)42-6)45(39,40)25-14-16-28(43-7)29(18-25)44-8/h9-18,21H,19-20H2,1-8H3,(H,34,38). The van der Waals surface area contributed by atoms with Crippen molar-refractivity contribution in [2.24, 2.45) is 0 Å². The number of anilines is 1. The number of hydrogen-bond acceptors (Lipinski definition) is 8. The number of rotatable bonds is 13. The van der Waals surface area contributed by atoms with E-state index >= 15 is 0 Å². The number of carbonyl (C=O) groups is 2. The largest absolute Gasteiger partial charge is 0.497 e. The summed E-state index contributed by atoms with van der Waals surface area (Å²) in [7, 11) is 1.10. The molecule has 13 heteroatoms. The van der Waals surface area contributed by atoms with E-state index in [1.54, 1.807) is 33.8 Å². The summed E-state index contributed by atoms with van der Waals surface area (Å²) in [4.78, 5) is 28.5. The molecule has 0 aliphatic heterocycles. The van der Waals surface area contributed by atoms with Crippen molar-refractivity contribution in [3.63, 3.8) is 0 Å². The van der Waals surface area contributed by atoms with Gasteiger partial charge in [-0.2, -0.15) is 0 Å². The minimum absolute atomic E-state index is 0.0218. The minimum Gasteiger partial charge on any atom is -0.497 e. The predicted octanol–water partition coefficient (Wildman–Crippen LogP) is 4.39. The van der Waals surface area contributed by atoms with Gasteiger partial charge in [0.2, 0.25) is 11.8 Å². The molecule has 3 rings (SSSR count). The van der Waals surface area contributed by atoms with Gasteiger partial charge in [0.15, 0.2) is 11.5 Å². The highest BCUT2D eigenvalue weighted by Gasteiger charge is 2.35. The van der Waals surface area contributed by atoms with Crippen molar-refractivity contribution >= 4 is 27.5 Å². The van der Waals surface area contributed by atoms with E-state index in [9.17, 15) is 22.4 Å². The van der Waals surface area contributed by atoms with Crippen LogP contribution in [0.15, 0.2) is 65.6 Å². The van der Waals surface area contributed by atoms with Gasteiger partial charge >= 0.3 is 0 Å². The Morgan fingerprint density at radius 2 is 1.44 bits per heavy atom.